The summed E-state index contributed by atoms with van der Waals surface area (Å²) in [5, 5.41) is 5.47. The highest BCUT2D eigenvalue weighted by atomic mass is 35.5. The predicted octanol–water partition coefficient (Wildman–Crippen LogP) is 4.01. The zero-order valence-corrected chi connectivity index (χ0v) is 13.7. The van der Waals surface area contributed by atoms with Crippen molar-refractivity contribution in [1.82, 2.24) is 19.9 Å². The molecule has 0 radical (unpaired) electrons. The number of halogens is 4. The van der Waals surface area contributed by atoms with Crippen molar-refractivity contribution in [2.75, 3.05) is 16.4 Å². The summed E-state index contributed by atoms with van der Waals surface area (Å²) in [5.74, 6) is 0.433. The van der Waals surface area contributed by atoms with Gasteiger partial charge in [0, 0.05) is 24.3 Å². The third-order valence-corrected chi connectivity index (χ3v) is 3.52. The summed E-state index contributed by atoms with van der Waals surface area (Å²) in [5.41, 5.74) is 5.89. The Balaban J connectivity index is 1.86. The van der Waals surface area contributed by atoms with E-state index in [1.807, 2.05) is 0 Å². The highest BCUT2D eigenvalue weighted by molar-refractivity contribution is 6.33. The lowest BCUT2D eigenvalue weighted by atomic mass is 10.2. The zero-order valence-electron chi connectivity index (χ0n) is 12.9. The van der Waals surface area contributed by atoms with Gasteiger partial charge in [0.1, 0.15) is 17.8 Å². The Labute approximate surface area is 150 Å². The molecule has 26 heavy (non-hydrogen) atoms. The van der Waals surface area contributed by atoms with E-state index >= 15 is 0 Å². The van der Waals surface area contributed by atoms with E-state index in [0.29, 0.717) is 17.7 Å². The van der Waals surface area contributed by atoms with Crippen molar-refractivity contribution in [3.05, 3.63) is 53.7 Å². The molecule has 3 aromatic rings. The fourth-order valence-corrected chi connectivity index (χ4v) is 2.18. The molecule has 0 aromatic carbocycles. The number of hydrogen-bond donors (Lipinski definition) is 3. The standard InChI is InChI=1S/C15H11ClF3N7/c16-10-5-8(15(17,18)19)6-22-12(10)26-14-11(20)13(23-7-24-14)25-9-1-3-21-4-2-9/h1-7H,20H2,(H2,21,22,23,24,25,26). The lowest BCUT2D eigenvalue weighted by molar-refractivity contribution is -0.137. The van der Waals surface area contributed by atoms with Crippen molar-refractivity contribution in [2.24, 2.45) is 0 Å². The Bertz CT molecular complexity index is 919. The van der Waals surface area contributed by atoms with E-state index in [4.69, 9.17) is 17.3 Å². The maximum Gasteiger partial charge on any atom is 0.417 e. The number of nitrogens with zero attached hydrogens (tertiary/aromatic N) is 4. The van der Waals surface area contributed by atoms with Gasteiger partial charge in [-0.3, -0.25) is 4.98 Å². The predicted molar refractivity (Wildman–Crippen MR) is 91.5 cm³/mol. The molecule has 0 amide bonds. The van der Waals surface area contributed by atoms with Crippen LogP contribution in [0.4, 0.5) is 42.0 Å². The summed E-state index contributed by atoms with van der Waals surface area (Å²) in [7, 11) is 0. The molecule has 3 aromatic heterocycles. The molecule has 7 nitrogen and oxygen atoms in total. The monoisotopic (exact) mass is 381 g/mol. The van der Waals surface area contributed by atoms with Gasteiger partial charge >= 0.3 is 6.18 Å². The van der Waals surface area contributed by atoms with Crippen molar-refractivity contribution in [1.29, 1.82) is 0 Å². The zero-order chi connectivity index (χ0) is 18.7. The first-order chi connectivity index (χ1) is 12.3. The van der Waals surface area contributed by atoms with Crippen LogP contribution in [0.5, 0.6) is 0 Å². The fourth-order valence-electron chi connectivity index (χ4n) is 1.96. The summed E-state index contributed by atoms with van der Waals surface area (Å²) >= 11 is 5.88. The molecule has 3 heterocycles. The third kappa shape index (κ3) is 3.91. The Hall–Kier alpha value is -3.14. The minimum absolute atomic E-state index is 0.0140. The second-order valence-corrected chi connectivity index (χ2v) is 5.43. The Kier molecular flexibility index (Phi) is 4.76. The largest absolute Gasteiger partial charge is 0.417 e. The quantitative estimate of drug-likeness (QED) is 0.627. The molecule has 3 rings (SSSR count). The van der Waals surface area contributed by atoms with Crippen LogP contribution in [-0.4, -0.2) is 19.9 Å². The molecule has 0 aliphatic carbocycles. The minimum atomic E-state index is -4.54. The smallest absolute Gasteiger partial charge is 0.393 e. The fraction of sp³-hybridized carbons (Fsp3) is 0.0667. The molecule has 0 bridgehead atoms. The molecule has 0 aliphatic rings. The molecule has 0 unspecified atom stereocenters. The van der Waals surface area contributed by atoms with E-state index in [2.05, 4.69) is 30.6 Å². The normalized spacial score (nSPS) is 11.2. The topological polar surface area (TPSA) is 102 Å². The maximum absolute atomic E-state index is 12.7. The first-order valence-corrected chi connectivity index (χ1v) is 7.49. The Morgan fingerprint density at radius 3 is 2.23 bits per heavy atom. The molecule has 0 spiro atoms. The van der Waals surface area contributed by atoms with Gasteiger partial charge in [-0.2, -0.15) is 13.2 Å². The summed E-state index contributed by atoms with van der Waals surface area (Å²) in [6, 6.07) is 4.19. The van der Waals surface area contributed by atoms with E-state index in [0.717, 1.165) is 6.07 Å². The average molecular weight is 382 g/mol. The Morgan fingerprint density at radius 2 is 1.62 bits per heavy atom. The number of hydrogen-bond acceptors (Lipinski definition) is 7. The van der Waals surface area contributed by atoms with Gasteiger partial charge in [-0.05, 0) is 18.2 Å². The van der Waals surface area contributed by atoms with Crippen molar-refractivity contribution >= 4 is 40.4 Å². The van der Waals surface area contributed by atoms with E-state index in [1.165, 1.54) is 6.33 Å². The molecule has 0 aliphatic heterocycles. The van der Waals surface area contributed by atoms with E-state index in [1.54, 1.807) is 24.5 Å². The maximum atomic E-state index is 12.7. The molecular formula is C15H11ClF3N7. The number of pyridine rings is 2. The van der Waals surface area contributed by atoms with Crippen molar-refractivity contribution in [3.63, 3.8) is 0 Å². The third-order valence-electron chi connectivity index (χ3n) is 3.23. The van der Waals surface area contributed by atoms with Crippen LogP contribution in [0.3, 0.4) is 0 Å². The lowest BCUT2D eigenvalue weighted by Gasteiger charge is -2.13. The first kappa shape index (κ1) is 17.7. The van der Waals surface area contributed by atoms with Crippen molar-refractivity contribution in [3.8, 4) is 0 Å². The number of nitrogens with two attached hydrogens (primary N) is 1. The van der Waals surface area contributed by atoms with Gasteiger partial charge < -0.3 is 16.4 Å². The van der Waals surface area contributed by atoms with Crippen LogP contribution in [0.25, 0.3) is 0 Å². The SMILES string of the molecule is Nc1c(Nc2ccncc2)ncnc1Nc1ncc(C(F)(F)F)cc1Cl. The van der Waals surface area contributed by atoms with Crippen LogP contribution in [0.15, 0.2) is 43.1 Å². The van der Waals surface area contributed by atoms with Crippen LogP contribution in [0, 0.1) is 0 Å². The number of aromatic nitrogens is 4. The molecule has 4 N–H and O–H groups in total. The molecule has 11 heteroatoms. The number of alkyl halides is 3. The van der Waals surface area contributed by atoms with Gasteiger partial charge in [-0.1, -0.05) is 11.6 Å². The number of anilines is 5. The van der Waals surface area contributed by atoms with E-state index in [9.17, 15) is 13.2 Å². The average Bonchev–Trinajstić information content (AvgIpc) is 2.60. The summed E-state index contributed by atoms with van der Waals surface area (Å²) in [4.78, 5) is 15.6. The molecule has 0 fully saturated rings. The molecule has 134 valence electrons. The van der Waals surface area contributed by atoms with E-state index < -0.39 is 11.7 Å². The first-order valence-electron chi connectivity index (χ1n) is 7.12. The van der Waals surface area contributed by atoms with Crippen LogP contribution >= 0.6 is 11.6 Å². The van der Waals surface area contributed by atoms with Crippen LogP contribution < -0.4 is 16.4 Å². The van der Waals surface area contributed by atoms with Crippen LogP contribution in [-0.2, 0) is 6.18 Å². The molecule has 0 atom stereocenters. The molecule has 0 saturated heterocycles. The summed E-state index contributed by atoms with van der Waals surface area (Å²) in [6.07, 6.45) is 0.544. The summed E-state index contributed by atoms with van der Waals surface area (Å²) < 4.78 is 38.0. The van der Waals surface area contributed by atoms with Gasteiger partial charge in [0.05, 0.1) is 10.6 Å². The van der Waals surface area contributed by atoms with Crippen LogP contribution in [0.2, 0.25) is 5.02 Å². The number of nitrogens with one attached hydrogen (secondary N) is 2. The van der Waals surface area contributed by atoms with Gasteiger partial charge in [-0.15, -0.1) is 0 Å². The lowest BCUT2D eigenvalue weighted by Crippen LogP contribution is -2.08. The Morgan fingerprint density at radius 1 is 0.962 bits per heavy atom. The minimum Gasteiger partial charge on any atom is -0.393 e. The van der Waals surface area contributed by atoms with Crippen molar-refractivity contribution < 1.29 is 13.2 Å². The van der Waals surface area contributed by atoms with Crippen molar-refractivity contribution in [2.45, 2.75) is 6.18 Å². The second kappa shape index (κ2) is 7.00. The van der Waals surface area contributed by atoms with Gasteiger partial charge in [-0.25, -0.2) is 15.0 Å². The number of rotatable bonds is 4. The van der Waals surface area contributed by atoms with Gasteiger partial charge in [0.15, 0.2) is 11.6 Å². The molecule has 0 saturated carbocycles. The summed E-state index contributed by atoms with van der Waals surface area (Å²) in [6.45, 7) is 0. The van der Waals surface area contributed by atoms with E-state index in [-0.39, 0.29) is 22.3 Å². The van der Waals surface area contributed by atoms with Gasteiger partial charge in [0.2, 0.25) is 0 Å². The molecular weight excluding hydrogens is 371 g/mol. The highest BCUT2D eigenvalue weighted by Gasteiger charge is 2.31. The van der Waals surface area contributed by atoms with Gasteiger partial charge in [0.25, 0.3) is 0 Å². The second-order valence-electron chi connectivity index (χ2n) is 5.02. The van der Waals surface area contributed by atoms with Crippen LogP contribution in [0.1, 0.15) is 5.56 Å². The highest BCUT2D eigenvalue weighted by Crippen LogP contribution is 2.34. The number of nitrogen functional groups attached to an aromatic ring is 1.